The zero-order valence-electron chi connectivity index (χ0n) is 24.2. The molecule has 0 fully saturated rings. The molecule has 0 N–H and O–H groups in total. The lowest BCUT2D eigenvalue weighted by Gasteiger charge is -2.23. The molecule has 0 saturated carbocycles. The Kier molecular flexibility index (Phi) is 16.5. The Hall–Kier alpha value is -1.64. The van der Waals surface area contributed by atoms with Gasteiger partial charge in [-0.2, -0.15) is 0 Å². The van der Waals surface area contributed by atoms with Crippen molar-refractivity contribution in [3.63, 3.8) is 0 Å². The summed E-state index contributed by atoms with van der Waals surface area (Å²) in [5, 5.41) is 0. The van der Waals surface area contributed by atoms with Gasteiger partial charge in [0, 0.05) is 13.1 Å². The molecule has 2 aromatic rings. The van der Waals surface area contributed by atoms with E-state index in [0.717, 1.165) is 13.1 Å². The molecule has 202 valence electrons. The summed E-state index contributed by atoms with van der Waals surface area (Å²) in [6.45, 7) is 16.2. The van der Waals surface area contributed by atoms with Crippen LogP contribution in [0.15, 0.2) is 48.5 Å². The quantitative estimate of drug-likeness (QED) is 0.160. The van der Waals surface area contributed by atoms with E-state index in [0.29, 0.717) is 0 Å². The average Bonchev–Trinajstić information content (AvgIpc) is 2.89. The zero-order chi connectivity index (χ0) is 25.8. The van der Waals surface area contributed by atoms with Crippen molar-refractivity contribution >= 4 is 0 Å². The number of hydrogen-bond donors (Lipinski definition) is 0. The second kappa shape index (κ2) is 19.5. The number of nitrogens with zero attached hydrogens (tertiary/aromatic N) is 2. The normalized spacial score (nSPS) is 11.6. The van der Waals surface area contributed by atoms with Crippen LogP contribution in [0.5, 0.6) is 0 Å². The van der Waals surface area contributed by atoms with E-state index in [1.165, 1.54) is 125 Å². The Morgan fingerprint density at radius 2 is 0.778 bits per heavy atom. The highest BCUT2D eigenvalue weighted by atomic mass is 15.1. The van der Waals surface area contributed by atoms with Crippen molar-refractivity contribution in [2.45, 2.75) is 118 Å². The summed E-state index contributed by atoms with van der Waals surface area (Å²) < 4.78 is 0. The second-order valence-electron chi connectivity index (χ2n) is 10.8. The van der Waals surface area contributed by atoms with Gasteiger partial charge in [-0.1, -0.05) is 115 Å². The predicted octanol–water partition coefficient (Wildman–Crippen LogP) is 9.72. The average molecular weight is 493 g/mol. The molecule has 2 heteroatoms. The maximum absolute atomic E-state index is 2.69. The van der Waals surface area contributed by atoms with Gasteiger partial charge in [0.05, 0.1) is 0 Å². The highest BCUT2D eigenvalue weighted by molar-refractivity contribution is 5.65. The van der Waals surface area contributed by atoms with Gasteiger partial charge in [-0.05, 0) is 86.2 Å². The summed E-state index contributed by atoms with van der Waals surface area (Å²) in [7, 11) is 0. The van der Waals surface area contributed by atoms with Crippen molar-refractivity contribution in [3.8, 4) is 11.1 Å². The summed E-state index contributed by atoms with van der Waals surface area (Å²) in [6.07, 6.45) is 15.8. The lowest BCUT2D eigenvalue weighted by molar-refractivity contribution is 0.254. The standard InChI is InChI=1S/C34H56N2/c1-5-9-13-23-35(24-14-10-6-2)29-31-19-17-21-33(27-31)34-22-18-20-32(28-34)30-36(25-15-11-7-3)26-16-12-8-4/h17-22,27-28H,5-16,23-26,29-30H2,1-4H3. The van der Waals surface area contributed by atoms with Crippen molar-refractivity contribution in [2.24, 2.45) is 0 Å². The minimum Gasteiger partial charge on any atom is -0.299 e. The van der Waals surface area contributed by atoms with Crippen molar-refractivity contribution in [1.29, 1.82) is 0 Å². The van der Waals surface area contributed by atoms with Gasteiger partial charge in [-0.15, -0.1) is 0 Å². The van der Waals surface area contributed by atoms with Crippen molar-refractivity contribution in [3.05, 3.63) is 59.7 Å². The highest BCUT2D eigenvalue weighted by Gasteiger charge is 2.09. The lowest BCUT2D eigenvalue weighted by Crippen LogP contribution is -2.25. The fourth-order valence-corrected chi connectivity index (χ4v) is 5.10. The molecule has 0 aliphatic carbocycles. The summed E-state index contributed by atoms with van der Waals surface area (Å²) in [5.74, 6) is 0. The first-order chi connectivity index (χ1) is 17.7. The van der Waals surface area contributed by atoms with E-state index in [-0.39, 0.29) is 0 Å². The fraction of sp³-hybridized carbons (Fsp3) is 0.647. The molecule has 0 amide bonds. The fourth-order valence-electron chi connectivity index (χ4n) is 5.10. The third kappa shape index (κ3) is 12.5. The monoisotopic (exact) mass is 492 g/mol. The van der Waals surface area contributed by atoms with Gasteiger partial charge in [0.25, 0.3) is 0 Å². The number of rotatable bonds is 21. The molecule has 0 bridgehead atoms. The largest absolute Gasteiger partial charge is 0.299 e. The van der Waals surface area contributed by atoms with Gasteiger partial charge in [-0.3, -0.25) is 9.80 Å². The summed E-state index contributed by atoms with van der Waals surface area (Å²) in [4.78, 5) is 5.37. The van der Waals surface area contributed by atoms with E-state index in [1.807, 2.05) is 0 Å². The molecule has 0 spiro atoms. The Morgan fingerprint density at radius 3 is 1.08 bits per heavy atom. The molecule has 0 aromatic heterocycles. The Labute approximate surface area is 224 Å². The van der Waals surface area contributed by atoms with E-state index in [9.17, 15) is 0 Å². The molecular weight excluding hydrogens is 436 g/mol. The molecule has 0 heterocycles. The molecule has 2 aromatic carbocycles. The van der Waals surface area contributed by atoms with Crippen LogP contribution >= 0.6 is 0 Å². The van der Waals surface area contributed by atoms with Gasteiger partial charge in [-0.25, -0.2) is 0 Å². The van der Waals surface area contributed by atoms with E-state index in [2.05, 4.69) is 86.0 Å². The number of unbranched alkanes of at least 4 members (excludes halogenated alkanes) is 8. The van der Waals surface area contributed by atoms with E-state index < -0.39 is 0 Å². The Morgan fingerprint density at radius 1 is 0.444 bits per heavy atom. The Balaban J connectivity index is 2.08. The van der Waals surface area contributed by atoms with Crippen LogP contribution in [0.25, 0.3) is 11.1 Å². The first-order valence-corrected chi connectivity index (χ1v) is 15.3. The van der Waals surface area contributed by atoms with Crippen LogP contribution in [0.4, 0.5) is 0 Å². The topological polar surface area (TPSA) is 6.48 Å². The van der Waals surface area contributed by atoms with Gasteiger partial charge < -0.3 is 0 Å². The van der Waals surface area contributed by atoms with Crippen molar-refractivity contribution in [2.75, 3.05) is 26.2 Å². The van der Waals surface area contributed by atoms with Gasteiger partial charge in [0.15, 0.2) is 0 Å². The lowest BCUT2D eigenvalue weighted by atomic mass is 10.0. The molecule has 0 saturated heterocycles. The van der Waals surface area contributed by atoms with E-state index in [4.69, 9.17) is 0 Å². The van der Waals surface area contributed by atoms with Crippen LogP contribution in [0.1, 0.15) is 116 Å². The summed E-state index contributed by atoms with van der Waals surface area (Å²) in [6, 6.07) is 18.6. The summed E-state index contributed by atoms with van der Waals surface area (Å²) in [5.41, 5.74) is 5.62. The van der Waals surface area contributed by atoms with Crippen LogP contribution < -0.4 is 0 Å². The van der Waals surface area contributed by atoms with Crippen LogP contribution in [0.3, 0.4) is 0 Å². The van der Waals surface area contributed by atoms with Gasteiger partial charge in [0.2, 0.25) is 0 Å². The van der Waals surface area contributed by atoms with Crippen LogP contribution in [0.2, 0.25) is 0 Å². The minimum absolute atomic E-state index is 1.07. The van der Waals surface area contributed by atoms with Crippen molar-refractivity contribution < 1.29 is 0 Å². The smallest absolute Gasteiger partial charge is 0.0233 e. The minimum atomic E-state index is 1.07. The second-order valence-corrected chi connectivity index (χ2v) is 10.8. The van der Waals surface area contributed by atoms with Gasteiger partial charge in [0.1, 0.15) is 0 Å². The summed E-state index contributed by atoms with van der Waals surface area (Å²) >= 11 is 0. The SMILES string of the molecule is CCCCCN(CCCCC)Cc1cccc(-c2cccc(CN(CCCCC)CCCCC)c2)c1. The molecule has 0 atom stereocenters. The molecule has 2 rings (SSSR count). The third-order valence-corrected chi connectivity index (χ3v) is 7.31. The third-order valence-electron chi connectivity index (χ3n) is 7.31. The molecule has 0 aliphatic rings. The molecule has 36 heavy (non-hydrogen) atoms. The maximum Gasteiger partial charge on any atom is 0.0233 e. The molecule has 0 aliphatic heterocycles. The highest BCUT2D eigenvalue weighted by Crippen LogP contribution is 2.23. The molecule has 0 radical (unpaired) electrons. The van der Waals surface area contributed by atoms with Crippen LogP contribution in [0, 0.1) is 0 Å². The zero-order valence-corrected chi connectivity index (χ0v) is 24.2. The maximum atomic E-state index is 2.69. The Bertz CT molecular complexity index is 712. The molecular formula is C34H56N2. The first kappa shape index (κ1) is 30.6. The molecule has 0 unspecified atom stereocenters. The van der Waals surface area contributed by atoms with Crippen molar-refractivity contribution in [1.82, 2.24) is 9.80 Å². The number of benzene rings is 2. The molecule has 2 nitrogen and oxygen atoms in total. The number of hydrogen-bond acceptors (Lipinski definition) is 2. The van der Waals surface area contributed by atoms with E-state index in [1.54, 1.807) is 0 Å². The van der Waals surface area contributed by atoms with Crippen LogP contribution in [-0.4, -0.2) is 36.0 Å². The predicted molar refractivity (Wildman–Crippen MR) is 161 cm³/mol. The first-order valence-electron chi connectivity index (χ1n) is 15.3. The van der Waals surface area contributed by atoms with E-state index >= 15 is 0 Å². The van der Waals surface area contributed by atoms with Crippen LogP contribution in [-0.2, 0) is 13.1 Å². The van der Waals surface area contributed by atoms with Gasteiger partial charge >= 0.3 is 0 Å².